The van der Waals surface area contributed by atoms with Gasteiger partial charge in [0, 0.05) is 18.8 Å². The average molecular weight is 375 g/mol. The fourth-order valence-electron chi connectivity index (χ4n) is 2.66. The van der Waals surface area contributed by atoms with E-state index in [4.69, 9.17) is 16.3 Å². The zero-order chi connectivity index (χ0) is 17.9. The Kier molecular flexibility index (Phi) is 5.82. The van der Waals surface area contributed by atoms with Crippen molar-refractivity contribution < 1.29 is 22.7 Å². The number of nitrogens with zero attached hydrogens (tertiary/aromatic N) is 2. The van der Waals surface area contributed by atoms with Crippen LogP contribution in [0.15, 0.2) is 18.3 Å². The number of aromatic nitrogens is 1. The summed E-state index contributed by atoms with van der Waals surface area (Å²) < 4.78 is 28.4. The molecule has 0 saturated carbocycles. The number of carbonyl (C=O) groups excluding carboxylic acids is 2. The Hall–Kier alpha value is -1.67. The van der Waals surface area contributed by atoms with E-state index < -0.39 is 27.8 Å². The topological polar surface area (TPSA) is 93.6 Å². The molecule has 1 fully saturated rings. The molecule has 1 aromatic heterocycles. The highest BCUT2D eigenvalue weighted by atomic mass is 35.5. The van der Waals surface area contributed by atoms with Gasteiger partial charge in [-0.15, -0.1) is 0 Å². The van der Waals surface area contributed by atoms with Crippen molar-refractivity contribution in [1.29, 1.82) is 0 Å². The number of ether oxygens (including phenoxy) is 1. The maximum atomic E-state index is 12.5. The second-order valence-electron chi connectivity index (χ2n) is 5.60. The molecule has 0 bridgehead atoms. The molecule has 9 heteroatoms. The van der Waals surface area contributed by atoms with Gasteiger partial charge >= 0.3 is 5.97 Å². The van der Waals surface area contributed by atoms with E-state index >= 15 is 0 Å². The number of hydrogen-bond acceptors (Lipinski definition) is 6. The molecule has 1 aliphatic rings. The molecule has 1 amide bonds. The third-order valence-electron chi connectivity index (χ3n) is 3.87. The molecular formula is C15H19ClN2O5S. The number of sulfone groups is 1. The first kappa shape index (κ1) is 18.7. The van der Waals surface area contributed by atoms with Crippen LogP contribution in [0.2, 0.25) is 5.15 Å². The largest absolute Gasteiger partial charge is 0.449 e. The van der Waals surface area contributed by atoms with Gasteiger partial charge in [0.2, 0.25) is 0 Å². The van der Waals surface area contributed by atoms with Crippen molar-refractivity contribution in [1.82, 2.24) is 9.88 Å². The van der Waals surface area contributed by atoms with Crippen LogP contribution in [-0.4, -0.2) is 60.4 Å². The van der Waals surface area contributed by atoms with Crippen molar-refractivity contribution in [3.05, 3.63) is 29.0 Å². The summed E-state index contributed by atoms with van der Waals surface area (Å²) in [7, 11) is -3.10. The SMILES string of the molecule is CCN(C(=O)C(C)OC(=O)c1ccnc(Cl)c1)C1CCS(=O)(=O)C1. The molecule has 0 N–H and O–H groups in total. The lowest BCUT2D eigenvalue weighted by Gasteiger charge is -2.29. The van der Waals surface area contributed by atoms with Crippen LogP contribution in [0.4, 0.5) is 0 Å². The van der Waals surface area contributed by atoms with Gasteiger partial charge in [0.05, 0.1) is 17.1 Å². The highest BCUT2D eigenvalue weighted by molar-refractivity contribution is 7.91. The monoisotopic (exact) mass is 374 g/mol. The van der Waals surface area contributed by atoms with Crippen molar-refractivity contribution in [3.8, 4) is 0 Å². The Morgan fingerprint density at radius 2 is 2.21 bits per heavy atom. The van der Waals surface area contributed by atoms with Crippen LogP contribution in [0, 0.1) is 0 Å². The lowest BCUT2D eigenvalue weighted by atomic mass is 10.2. The maximum absolute atomic E-state index is 12.5. The smallest absolute Gasteiger partial charge is 0.339 e. The van der Waals surface area contributed by atoms with Crippen LogP contribution in [0.3, 0.4) is 0 Å². The van der Waals surface area contributed by atoms with Crippen molar-refractivity contribution in [2.75, 3.05) is 18.1 Å². The summed E-state index contributed by atoms with van der Waals surface area (Å²) in [4.78, 5) is 29.8. The quantitative estimate of drug-likeness (QED) is 0.570. The van der Waals surface area contributed by atoms with Gasteiger partial charge in [0.15, 0.2) is 15.9 Å². The summed E-state index contributed by atoms with van der Waals surface area (Å²) >= 11 is 5.72. The molecule has 0 aliphatic carbocycles. The molecule has 2 unspecified atom stereocenters. The van der Waals surface area contributed by atoms with Crippen molar-refractivity contribution >= 4 is 33.3 Å². The lowest BCUT2D eigenvalue weighted by molar-refractivity contribution is -0.141. The van der Waals surface area contributed by atoms with E-state index in [1.54, 1.807) is 6.92 Å². The number of rotatable bonds is 5. The van der Waals surface area contributed by atoms with Gasteiger partial charge in [-0.25, -0.2) is 18.2 Å². The molecule has 2 rings (SSSR count). The Morgan fingerprint density at radius 1 is 1.50 bits per heavy atom. The lowest BCUT2D eigenvalue weighted by Crippen LogP contribution is -2.46. The van der Waals surface area contributed by atoms with E-state index in [9.17, 15) is 18.0 Å². The van der Waals surface area contributed by atoms with E-state index in [1.165, 1.54) is 30.2 Å². The minimum atomic E-state index is -3.10. The molecule has 24 heavy (non-hydrogen) atoms. The van der Waals surface area contributed by atoms with Crippen LogP contribution in [0.1, 0.15) is 30.6 Å². The Balaban J connectivity index is 2.03. The van der Waals surface area contributed by atoms with Crippen LogP contribution in [-0.2, 0) is 19.4 Å². The average Bonchev–Trinajstić information content (AvgIpc) is 2.87. The summed E-state index contributed by atoms with van der Waals surface area (Å²) in [5.74, 6) is -1.07. The number of carbonyl (C=O) groups is 2. The number of likely N-dealkylation sites (N-methyl/N-ethyl adjacent to an activating group) is 1. The second-order valence-corrected chi connectivity index (χ2v) is 8.21. The minimum absolute atomic E-state index is 0.0484. The standard InChI is InChI=1S/C15H19ClN2O5S/c1-3-18(12-5-7-24(21,22)9-12)14(19)10(2)23-15(20)11-4-6-17-13(16)8-11/h4,6,8,10,12H,3,5,7,9H2,1-2H3. The zero-order valence-corrected chi connectivity index (χ0v) is 15.0. The van der Waals surface area contributed by atoms with Crippen LogP contribution in [0.5, 0.6) is 0 Å². The molecule has 1 aromatic rings. The first-order valence-electron chi connectivity index (χ1n) is 7.57. The van der Waals surface area contributed by atoms with Crippen molar-refractivity contribution in [2.24, 2.45) is 0 Å². The van der Waals surface area contributed by atoms with Crippen molar-refractivity contribution in [3.63, 3.8) is 0 Å². The van der Waals surface area contributed by atoms with E-state index in [2.05, 4.69) is 4.98 Å². The number of hydrogen-bond donors (Lipinski definition) is 0. The summed E-state index contributed by atoms with van der Waals surface area (Å²) in [5, 5.41) is 0.148. The molecule has 0 spiro atoms. The Labute approximate surface area is 145 Å². The van der Waals surface area contributed by atoms with Crippen molar-refractivity contribution in [2.45, 2.75) is 32.4 Å². The summed E-state index contributed by atoms with van der Waals surface area (Å²) in [6.45, 7) is 3.58. The van der Waals surface area contributed by atoms with Crippen LogP contribution in [0.25, 0.3) is 0 Å². The Morgan fingerprint density at radius 3 is 2.75 bits per heavy atom. The molecular weight excluding hydrogens is 356 g/mol. The molecule has 0 radical (unpaired) electrons. The van der Waals surface area contributed by atoms with Gasteiger partial charge in [0.25, 0.3) is 5.91 Å². The molecule has 2 atom stereocenters. The van der Waals surface area contributed by atoms with Crippen LogP contribution >= 0.6 is 11.6 Å². The summed E-state index contributed by atoms with van der Waals surface area (Å²) in [6, 6.07) is 2.42. The first-order valence-corrected chi connectivity index (χ1v) is 9.77. The van der Waals surface area contributed by atoms with E-state index in [1.807, 2.05) is 0 Å². The zero-order valence-electron chi connectivity index (χ0n) is 13.4. The maximum Gasteiger partial charge on any atom is 0.339 e. The fraction of sp³-hybridized carbons (Fsp3) is 0.533. The van der Waals surface area contributed by atoms with Gasteiger partial charge in [-0.2, -0.15) is 0 Å². The number of amides is 1. The van der Waals surface area contributed by atoms with Crippen LogP contribution < -0.4 is 0 Å². The number of halogens is 1. The van der Waals surface area contributed by atoms with Gasteiger partial charge in [0.1, 0.15) is 5.15 Å². The highest BCUT2D eigenvalue weighted by Crippen LogP contribution is 2.19. The van der Waals surface area contributed by atoms with E-state index in [0.717, 1.165) is 0 Å². The predicted molar refractivity (Wildman–Crippen MR) is 88.6 cm³/mol. The second kappa shape index (κ2) is 7.48. The highest BCUT2D eigenvalue weighted by Gasteiger charge is 2.36. The first-order chi connectivity index (χ1) is 11.2. The summed E-state index contributed by atoms with van der Waals surface area (Å²) in [5.41, 5.74) is 0.196. The minimum Gasteiger partial charge on any atom is -0.449 e. The summed E-state index contributed by atoms with van der Waals surface area (Å²) in [6.07, 6.45) is 0.753. The molecule has 1 aliphatic heterocycles. The molecule has 2 heterocycles. The third kappa shape index (κ3) is 4.45. The molecule has 0 aromatic carbocycles. The van der Waals surface area contributed by atoms with E-state index in [-0.39, 0.29) is 28.3 Å². The van der Waals surface area contributed by atoms with Gasteiger partial charge < -0.3 is 9.64 Å². The normalized spacial score (nSPS) is 20.4. The van der Waals surface area contributed by atoms with Gasteiger partial charge in [-0.3, -0.25) is 4.79 Å². The predicted octanol–water partition coefficient (Wildman–Crippen LogP) is 1.32. The molecule has 1 saturated heterocycles. The Bertz CT molecular complexity index is 737. The number of esters is 1. The molecule has 7 nitrogen and oxygen atoms in total. The van der Waals surface area contributed by atoms with E-state index in [0.29, 0.717) is 13.0 Å². The van der Waals surface area contributed by atoms with Gasteiger partial charge in [-0.05, 0) is 32.4 Å². The third-order valence-corrected chi connectivity index (χ3v) is 5.82. The fourth-order valence-corrected chi connectivity index (χ4v) is 4.56. The molecule has 132 valence electrons. The van der Waals surface area contributed by atoms with Gasteiger partial charge in [-0.1, -0.05) is 11.6 Å². The number of pyridine rings is 1.